The fourth-order valence-electron chi connectivity index (χ4n) is 3.44. The lowest BCUT2D eigenvalue weighted by Gasteiger charge is -2.39. The van der Waals surface area contributed by atoms with Crippen molar-refractivity contribution in [2.24, 2.45) is 0 Å². The van der Waals surface area contributed by atoms with E-state index in [9.17, 15) is 10.1 Å². The number of rotatable bonds is 5. The first kappa shape index (κ1) is 17.2. The molecule has 22 heavy (non-hydrogen) atoms. The highest BCUT2D eigenvalue weighted by Crippen LogP contribution is 2.27. The predicted molar refractivity (Wildman–Crippen MR) is 84.1 cm³/mol. The van der Waals surface area contributed by atoms with Crippen LogP contribution >= 0.6 is 0 Å². The van der Waals surface area contributed by atoms with Crippen LogP contribution in [0.2, 0.25) is 0 Å². The monoisotopic (exact) mass is 308 g/mol. The van der Waals surface area contributed by atoms with Crippen molar-refractivity contribution in [2.45, 2.75) is 50.6 Å². The number of nitrogens with zero attached hydrogens (tertiary/aromatic N) is 3. The van der Waals surface area contributed by atoms with Crippen LogP contribution in [-0.2, 0) is 4.79 Å². The van der Waals surface area contributed by atoms with Crippen LogP contribution in [0.25, 0.3) is 0 Å². The van der Waals surface area contributed by atoms with E-state index >= 15 is 0 Å². The van der Waals surface area contributed by atoms with Crippen LogP contribution in [-0.4, -0.2) is 71.7 Å². The van der Waals surface area contributed by atoms with Gasteiger partial charge < -0.3 is 10.4 Å². The smallest absolute Gasteiger partial charge is 0.238 e. The summed E-state index contributed by atoms with van der Waals surface area (Å²) in [6.07, 6.45) is 4.73. The van der Waals surface area contributed by atoms with Crippen molar-refractivity contribution in [2.75, 3.05) is 39.3 Å². The highest BCUT2D eigenvalue weighted by atomic mass is 16.3. The van der Waals surface area contributed by atoms with Gasteiger partial charge in [0.2, 0.25) is 5.91 Å². The highest BCUT2D eigenvalue weighted by Gasteiger charge is 2.36. The number of carbonyl (C=O) groups is 1. The minimum absolute atomic E-state index is 0.0286. The third kappa shape index (κ3) is 4.19. The topological polar surface area (TPSA) is 79.6 Å². The Kier molecular flexibility index (Phi) is 6.18. The Morgan fingerprint density at radius 1 is 1.27 bits per heavy atom. The maximum atomic E-state index is 12.5. The van der Waals surface area contributed by atoms with Crippen LogP contribution in [0.1, 0.15) is 39.0 Å². The molecular formula is C16H28N4O2. The van der Waals surface area contributed by atoms with Gasteiger partial charge in [0, 0.05) is 32.7 Å². The molecule has 0 aromatic heterocycles. The third-order valence-electron chi connectivity index (χ3n) is 5.03. The van der Waals surface area contributed by atoms with Gasteiger partial charge in [-0.2, -0.15) is 5.26 Å². The molecule has 0 aromatic carbocycles. The molecule has 0 aromatic rings. The van der Waals surface area contributed by atoms with Gasteiger partial charge in [-0.1, -0.05) is 19.3 Å². The van der Waals surface area contributed by atoms with Crippen LogP contribution in [0.4, 0.5) is 0 Å². The van der Waals surface area contributed by atoms with Crippen molar-refractivity contribution in [1.29, 1.82) is 5.26 Å². The lowest BCUT2D eigenvalue weighted by molar-refractivity contribution is -0.128. The van der Waals surface area contributed by atoms with Gasteiger partial charge in [-0.25, -0.2) is 0 Å². The average Bonchev–Trinajstić information content (AvgIpc) is 2.56. The normalized spacial score (nSPS) is 24.4. The molecule has 2 fully saturated rings. The number of amides is 1. The molecule has 0 unspecified atom stereocenters. The molecule has 0 bridgehead atoms. The molecule has 6 nitrogen and oxygen atoms in total. The van der Waals surface area contributed by atoms with Crippen molar-refractivity contribution in [1.82, 2.24) is 15.1 Å². The second-order valence-corrected chi connectivity index (χ2v) is 6.52. The largest absolute Gasteiger partial charge is 0.395 e. The Bertz CT molecular complexity index is 407. The van der Waals surface area contributed by atoms with Crippen molar-refractivity contribution in [3.05, 3.63) is 0 Å². The zero-order valence-corrected chi connectivity index (χ0v) is 13.6. The first-order valence-electron chi connectivity index (χ1n) is 8.41. The fourth-order valence-corrected chi connectivity index (χ4v) is 3.44. The van der Waals surface area contributed by atoms with E-state index in [4.69, 9.17) is 5.11 Å². The molecular weight excluding hydrogens is 280 g/mol. The maximum absolute atomic E-state index is 12.5. The number of aliphatic hydroxyl groups is 1. The number of nitriles is 1. The van der Waals surface area contributed by atoms with E-state index in [1.54, 1.807) is 0 Å². The minimum atomic E-state index is -0.650. The molecule has 1 heterocycles. The molecule has 1 aliphatic heterocycles. The first-order valence-corrected chi connectivity index (χ1v) is 8.41. The number of hydrogen-bond donors (Lipinski definition) is 2. The molecule has 1 saturated heterocycles. The van der Waals surface area contributed by atoms with Gasteiger partial charge in [0.1, 0.15) is 5.54 Å². The molecule has 0 radical (unpaired) electrons. The molecule has 0 spiro atoms. The van der Waals surface area contributed by atoms with E-state index in [1.807, 2.05) is 6.92 Å². The summed E-state index contributed by atoms with van der Waals surface area (Å²) in [5.41, 5.74) is -0.650. The van der Waals surface area contributed by atoms with E-state index in [0.717, 1.165) is 58.3 Å². The van der Waals surface area contributed by atoms with E-state index in [2.05, 4.69) is 21.2 Å². The number of β-amino-alcohol motifs (C(OH)–C–C–N with tert-alkyl or cyclic N) is 1. The van der Waals surface area contributed by atoms with Crippen molar-refractivity contribution < 1.29 is 9.90 Å². The zero-order valence-electron chi connectivity index (χ0n) is 13.6. The van der Waals surface area contributed by atoms with Crippen LogP contribution in [0.5, 0.6) is 0 Å². The Morgan fingerprint density at radius 2 is 1.91 bits per heavy atom. The number of nitrogens with one attached hydrogen (secondary N) is 1. The van der Waals surface area contributed by atoms with Gasteiger partial charge in [-0.15, -0.1) is 0 Å². The summed E-state index contributed by atoms with van der Waals surface area (Å²) in [5.74, 6) is -0.0286. The maximum Gasteiger partial charge on any atom is 0.238 e. The molecule has 2 rings (SSSR count). The first-order chi connectivity index (χ1) is 10.6. The second kappa shape index (κ2) is 7.91. The molecule has 2 aliphatic rings. The van der Waals surface area contributed by atoms with Gasteiger partial charge in [0.25, 0.3) is 0 Å². The second-order valence-electron chi connectivity index (χ2n) is 6.52. The summed E-state index contributed by atoms with van der Waals surface area (Å²) >= 11 is 0. The highest BCUT2D eigenvalue weighted by molar-refractivity contribution is 5.82. The lowest BCUT2D eigenvalue weighted by atomic mass is 9.82. The van der Waals surface area contributed by atoms with Crippen LogP contribution in [0.3, 0.4) is 0 Å². The zero-order chi connectivity index (χ0) is 16.0. The van der Waals surface area contributed by atoms with Crippen molar-refractivity contribution >= 4 is 5.91 Å². The SMILES string of the molecule is C[C@@H](C(=O)NC1(C#N)CCCCC1)N1CCN(CCO)CC1. The summed E-state index contributed by atoms with van der Waals surface area (Å²) in [6.45, 7) is 6.21. The summed E-state index contributed by atoms with van der Waals surface area (Å²) in [5, 5.41) is 21.5. The van der Waals surface area contributed by atoms with Crippen molar-refractivity contribution in [3.63, 3.8) is 0 Å². The average molecular weight is 308 g/mol. The van der Waals surface area contributed by atoms with Crippen LogP contribution in [0, 0.1) is 11.3 Å². The Hall–Kier alpha value is -1.16. The third-order valence-corrected chi connectivity index (χ3v) is 5.03. The van der Waals surface area contributed by atoms with Gasteiger partial charge in [0.05, 0.1) is 18.7 Å². The number of carbonyl (C=O) groups excluding carboxylic acids is 1. The predicted octanol–water partition coefficient (Wildman–Crippen LogP) is 0.327. The Balaban J connectivity index is 1.86. The van der Waals surface area contributed by atoms with Gasteiger partial charge >= 0.3 is 0 Å². The van der Waals surface area contributed by atoms with Crippen LogP contribution in [0.15, 0.2) is 0 Å². The number of hydrogen-bond acceptors (Lipinski definition) is 5. The fraction of sp³-hybridized carbons (Fsp3) is 0.875. The van der Waals surface area contributed by atoms with Gasteiger partial charge in [-0.3, -0.25) is 14.6 Å². The van der Waals surface area contributed by atoms with Gasteiger partial charge in [0.15, 0.2) is 0 Å². The summed E-state index contributed by atoms with van der Waals surface area (Å²) in [7, 11) is 0. The quantitative estimate of drug-likeness (QED) is 0.765. The molecule has 1 atom stereocenters. The van der Waals surface area contributed by atoms with Gasteiger partial charge in [-0.05, 0) is 19.8 Å². The molecule has 2 N–H and O–H groups in total. The molecule has 124 valence electrons. The minimum Gasteiger partial charge on any atom is -0.395 e. The Morgan fingerprint density at radius 3 is 2.45 bits per heavy atom. The van der Waals surface area contributed by atoms with E-state index < -0.39 is 5.54 Å². The summed E-state index contributed by atoms with van der Waals surface area (Å²) in [6, 6.07) is 2.14. The number of aliphatic hydroxyl groups excluding tert-OH is 1. The molecule has 1 amide bonds. The van der Waals surface area contributed by atoms with Crippen LogP contribution < -0.4 is 5.32 Å². The Labute approximate surface area is 133 Å². The van der Waals surface area contributed by atoms with E-state index in [0.29, 0.717) is 6.54 Å². The lowest BCUT2D eigenvalue weighted by Crippen LogP contribution is -2.58. The standard InChI is InChI=1S/C16H28N4O2/c1-14(20-9-7-19(8-10-20)11-12-21)15(22)18-16(13-17)5-3-2-4-6-16/h14,21H,2-12H2,1H3,(H,18,22)/t14-/m0/s1. The summed E-state index contributed by atoms with van der Waals surface area (Å²) in [4.78, 5) is 16.9. The molecule has 1 saturated carbocycles. The number of piperazine rings is 1. The molecule has 1 aliphatic carbocycles. The summed E-state index contributed by atoms with van der Waals surface area (Å²) < 4.78 is 0. The van der Waals surface area contributed by atoms with E-state index in [1.165, 1.54) is 0 Å². The van der Waals surface area contributed by atoms with E-state index in [-0.39, 0.29) is 18.6 Å². The van der Waals surface area contributed by atoms with Crippen molar-refractivity contribution in [3.8, 4) is 6.07 Å². The molecule has 6 heteroatoms.